The SMILES string of the molecule is C=CC1=C(/C=C\CC)NCCCC1. The van der Waals surface area contributed by atoms with Crippen molar-refractivity contribution >= 4 is 0 Å². The zero-order valence-electron chi connectivity index (χ0n) is 8.47. The maximum absolute atomic E-state index is 3.85. The summed E-state index contributed by atoms with van der Waals surface area (Å²) in [5.74, 6) is 0. The van der Waals surface area contributed by atoms with Crippen LogP contribution in [0.25, 0.3) is 0 Å². The third-order valence-corrected chi connectivity index (χ3v) is 2.30. The van der Waals surface area contributed by atoms with Gasteiger partial charge in [0, 0.05) is 12.2 Å². The van der Waals surface area contributed by atoms with E-state index in [1.807, 2.05) is 6.08 Å². The van der Waals surface area contributed by atoms with Crippen LogP contribution in [0.3, 0.4) is 0 Å². The van der Waals surface area contributed by atoms with Crippen molar-refractivity contribution < 1.29 is 0 Å². The summed E-state index contributed by atoms with van der Waals surface area (Å²) < 4.78 is 0. The molecule has 1 N–H and O–H groups in total. The third-order valence-electron chi connectivity index (χ3n) is 2.30. The Balaban J connectivity index is 2.75. The second-order valence-corrected chi connectivity index (χ2v) is 3.34. The minimum absolute atomic E-state index is 1.09. The summed E-state index contributed by atoms with van der Waals surface area (Å²) in [4.78, 5) is 0. The Labute approximate surface area is 81.2 Å². The van der Waals surface area contributed by atoms with Crippen molar-refractivity contribution in [1.82, 2.24) is 5.32 Å². The Morgan fingerprint density at radius 3 is 3.00 bits per heavy atom. The van der Waals surface area contributed by atoms with E-state index < -0.39 is 0 Å². The molecule has 0 radical (unpaired) electrons. The van der Waals surface area contributed by atoms with Crippen LogP contribution in [0.5, 0.6) is 0 Å². The Morgan fingerprint density at radius 2 is 2.31 bits per heavy atom. The van der Waals surface area contributed by atoms with Gasteiger partial charge in [0.1, 0.15) is 0 Å². The Kier molecular flexibility index (Phi) is 4.37. The van der Waals surface area contributed by atoms with Crippen LogP contribution in [0.1, 0.15) is 32.6 Å². The number of hydrogen-bond acceptors (Lipinski definition) is 1. The van der Waals surface area contributed by atoms with Crippen LogP contribution >= 0.6 is 0 Å². The van der Waals surface area contributed by atoms with Crippen LogP contribution in [0.15, 0.2) is 36.1 Å². The van der Waals surface area contributed by atoms with Crippen molar-refractivity contribution in [2.24, 2.45) is 0 Å². The van der Waals surface area contributed by atoms with Crippen LogP contribution in [-0.2, 0) is 0 Å². The molecule has 0 amide bonds. The van der Waals surface area contributed by atoms with Crippen LogP contribution in [0.4, 0.5) is 0 Å². The lowest BCUT2D eigenvalue weighted by atomic mass is 10.1. The molecule has 0 fully saturated rings. The van der Waals surface area contributed by atoms with E-state index in [0.717, 1.165) is 13.0 Å². The lowest BCUT2D eigenvalue weighted by molar-refractivity contribution is 0.720. The summed E-state index contributed by atoms with van der Waals surface area (Å²) in [6, 6.07) is 0. The van der Waals surface area contributed by atoms with Crippen LogP contribution < -0.4 is 5.32 Å². The third kappa shape index (κ3) is 3.10. The number of nitrogens with one attached hydrogen (secondary N) is 1. The number of rotatable bonds is 3. The fourth-order valence-electron chi connectivity index (χ4n) is 1.53. The van der Waals surface area contributed by atoms with E-state index in [1.165, 1.54) is 30.5 Å². The first-order valence-electron chi connectivity index (χ1n) is 5.14. The molecule has 1 heterocycles. The molecule has 13 heavy (non-hydrogen) atoms. The van der Waals surface area contributed by atoms with Gasteiger partial charge in [-0.15, -0.1) is 0 Å². The second kappa shape index (κ2) is 5.63. The minimum atomic E-state index is 1.09. The van der Waals surface area contributed by atoms with Gasteiger partial charge in [-0.3, -0.25) is 0 Å². The second-order valence-electron chi connectivity index (χ2n) is 3.34. The predicted octanol–water partition coefficient (Wildman–Crippen LogP) is 3.17. The van der Waals surface area contributed by atoms with Gasteiger partial charge in [-0.25, -0.2) is 0 Å². The summed E-state index contributed by atoms with van der Waals surface area (Å²) in [6.45, 7) is 7.10. The van der Waals surface area contributed by atoms with Crippen molar-refractivity contribution in [2.45, 2.75) is 32.6 Å². The van der Waals surface area contributed by atoms with Gasteiger partial charge >= 0.3 is 0 Å². The molecule has 0 saturated carbocycles. The van der Waals surface area contributed by atoms with Gasteiger partial charge in [-0.1, -0.05) is 25.7 Å². The van der Waals surface area contributed by atoms with Crippen LogP contribution in [0.2, 0.25) is 0 Å². The molecule has 72 valence electrons. The van der Waals surface area contributed by atoms with E-state index in [2.05, 4.69) is 31.0 Å². The highest BCUT2D eigenvalue weighted by Gasteiger charge is 2.04. The van der Waals surface area contributed by atoms with E-state index in [0.29, 0.717) is 0 Å². The molecule has 0 aliphatic carbocycles. The molecule has 0 aromatic rings. The van der Waals surface area contributed by atoms with E-state index in [1.54, 1.807) is 0 Å². The molecule has 1 aliphatic heterocycles. The first kappa shape index (κ1) is 10.1. The summed E-state index contributed by atoms with van der Waals surface area (Å²) in [5.41, 5.74) is 2.64. The van der Waals surface area contributed by atoms with Gasteiger partial charge in [0.2, 0.25) is 0 Å². The lowest BCUT2D eigenvalue weighted by Crippen LogP contribution is -2.12. The van der Waals surface area contributed by atoms with Gasteiger partial charge in [-0.2, -0.15) is 0 Å². The zero-order valence-corrected chi connectivity index (χ0v) is 8.47. The summed E-state index contributed by atoms with van der Waals surface area (Å²) >= 11 is 0. The summed E-state index contributed by atoms with van der Waals surface area (Å²) in [7, 11) is 0. The summed E-state index contributed by atoms with van der Waals surface area (Å²) in [5, 5.41) is 3.44. The molecule has 0 atom stereocenters. The lowest BCUT2D eigenvalue weighted by Gasteiger charge is -2.06. The molecular formula is C12H19N. The normalized spacial score (nSPS) is 18.5. The minimum Gasteiger partial charge on any atom is -0.385 e. The zero-order chi connectivity index (χ0) is 9.52. The standard InChI is InChI=1S/C12H19N/c1-3-5-9-12-11(4-2)8-6-7-10-13-12/h4-5,9,13H,2-3,6-8,10H2,1H3/b9-5-. The fraction of sp³-hybridized carbons (Fsp3) is 0.500. The van der Waals surface area contributed by atoms with Gasteiger partial charge in [0.15, 0.2) is 0 Å². The molecule has 0 aromatic heterocycles. The van der Waals surface area contributed by atoms with E-state index in [4.69, 9.17) is 0 Å². The monoisotopic (exact) mass is 177 g/mol. The first-order valence-corrected chi connectivity index (χ1v) is 5.14. The summed E-state index contributed by atoms with van der Waals surface area (Å²) in [6.07, 6.45) is 11.2. The first-order chi connectivity index (χ1) is 6.38. The number of hydrogen-bond donors (Lipinski definition) is 1. The van der Waals surface area contributed by atoms with Crippen molar-refractivity contribution in [1.29, 1.82) is 0 Å². The molecule has 1 nitrogen and oxygen atoms in total. The quantitative estimate of drug-likeness (QED) is 0.698. The Morgan fingerprint density at radius 1 is 1.46 bits per heavy atom. The highest BCUT2D eigenvalue weighted by atomic mass is 14.9. The van der Waals surface area contributed by atoms with E-state index in [-0.39, 0.29) is 0 Å². The molecule has 0 spiro atoms. The van der Waals surface area contributed by atoms with E-state index in [9.17, 15) is 0 Å². The average molecular weight is 177 g/mol. The smallest absolute Gasteiger partial charge is 0.0369 e. The molecule has 1 aliphatic rings. The largest absolute Gasteiger partial charge is 0.385 e. The van der Waals surface area contributed by atoms with Gasteiger partial charge in [0.25, 0.3) is 0 Å². The predicted molar refractivity (Wildman–Crippen MR) is 58.5 cm³/mol. The van der Waals surface area contributed by atoms with Crippen molar-refractivity contribution in [2.75, 3.05) is 6.54 Å². The van der Waals surface area contributed by atoms with E-state index >= 15 is 0 Å². The molecular weight excluding hydrogens is 158 g/mol. The maximum Gasteiger partial charge on any atom is 0.0369 e. The molecule has 0 saturated heterocycles. The Bertz CT molecular complexity index is 223. The van der Waals surface area contributed by atoms with Crippen molar-refractivity contribution in [3.8, 4) is 0 Å². The van der Waals surface area contributed by atoms with Gasteiger partial charge in [0.05, 0.1) is 0 Å². The van der Waals surface area contributed by atoms with Crippen molar-refractivity contribution in [3.63, 3.8) is 0 Å². The van der Waals surface area contributed by atoms with Crippen molar-refractivity contribution in [3.05, 3.63) is 36.1 Å². The molecule has 1 heteroatoms. The van der Waals surface area contributed by atoms with Gasteiger partial charge in [-0.05, 0) is 37.3 Å². The fourth-order valence-corrected chi connectivity index (χ4v) is 1.53. The van der Waals surface area contributed by atoms with Crippen LogP contribution in [-0.4, -0.2) is 6.54 Å². The highest BCUT2D eigenvalue weighted by molar-refractivity contribution is 5.31. The maximum atomic E-state index is 3.85. The molecule has 0 unspecified atom stereocenters. The topological polar surface area (TPSA) is 12.0 Å². The Hall–Kier alpha value is -0.980. The van der Waals surface area contributed by atoms with Crippen LogP contribution in [0, 0.1) is 0 Å². The molecule has 0 aromatic carbocycles. The average Bonchev–Trinajstić information content (AvgIpc) is 2.39. The molecule has 1 rings (SSSR count). The van der Waals surface area contributed by atoms with Gasteiger partial charge < -0.3 is 5.32 Å². The molecule has 0 bridgehead atoms. The highest BCUT2D eigenvalue weighted by Crippen LogP contribution is 2.16. The number of allylic oxidation sites excluding steroid dienone is 4.